The van der Waals surface area contributed by atoms with Gasteiger partial charge in [0.15, 0.2) is 0 Å². The summed E-state index contributed by atoms with van der Waals surface area (Å²) in [6, 6.07) is 15.8. The molecule has 0 saturated heterocycles. The van der Waals surface area contributed by atoms with Crippen molar-refractivity contribution in [2.45, 2.75) is 47.6 Å². The molecule has 2 rings (SSSR count). The van der Waals surface area contributed by atoms with Gasteiger partial charge in [0, 0.05) is 18.8 Å². The van der Waals surface area contributed by atoms with Crippen molar-refractivity contribution in [1.82, 2.24) is 4.90 Å². The monoisotopic (exact) mass is 366 g/mol. The molecule has 0 unspecified atom stereocenters. The fraction of sp³-hybridized carbons (Fsp3) is 0.391. The van der Waals surface area contributed by atoms with Gasteiger partial charge in [0.2, 0.25) is 11.8 Å². The number of anilines is 1. The fourth-order valence-corrected chi connectivity index (χ4v) is 3.10. The van der Waals surface area contributed by atoms with Gasteiger partial charge in [-0.3, -0.25) is 9.59 Å². The molecule has 0 spiro atoms. The fourth-order valence-electron chi connectivity index (χ4n) is 3.10. The average Bonchev–Trinajstić information content (AvgIpc) is 2.67. The lowest BCUT2D eigenvalue weighted by Crippen LogP contribution is -2.47. The van der Waals surface area contributed by atoms with E-state index in [0.717, 1.165) is 28.8 Å². The van der Waals surface area contributed by atoms with E-state index in [0.29, 0.717) is 13.1 Å². The smallest absolute Gasteiger partial charge is 0.239 e. The molecule has 0 aliphatic carbocycles. The van der Waals surface area contributed by atoms with Crippen LogP contribution in [-0.4, -0.2) is 23.3 Å². The van der Waals surface area contributed by atoms with E-state index in [4.69, 9.17) is 0 Å². The minimum Gasteiger partial charge on any atom is -0.338 e. The molecule has 0 bridgehead atoms. The van der Waals surface area contributed by atoms with Gasteiger partial charge in [0.1, 0.15) is 5.41 Å². The molecule has 0 radical (unpaired) electrons. The summed E-state index contributed by atoms with van der Waals surface area (Å²) < 4.78 is 0. The first-order chi connectivity index (χ1) is 12.8. The number of nitrogens with one attached hydrogen (secondary N) is 1. The van der Waals surface area contributed by atoms with Gasteiger partial charge >= 0.3 is 0 Å². The van der Waals surface area contributed by atoms with Crippen LogP contribution in [0.15, 0.2) is 48.5 Å². The maximum Gasteiger partial charge on any atom is 0.239 e. The van der Waals surface area contributed by atoms with Gasteiger partial charge in [0.25, 0.3) is 0 Å². The minimum absolute atomic E-state index is 0.169. The SMILES string of the molecule is CCc1cccc(C)c1NC(=O)C(C)(C)C(=O)N(CC)Cc1ccccc1. The number of aryl methyl sites for hydroxylation is 2. The first kappa shape index (κ1) is 20.7. The molecule has 2 amide bonds. The number of para-hydroxylation sites is 1. The van der Waals surface area contributed by atoms with Crippen molar-refractivity contribution in [3.8, 4) is 0 Å². The summed E-state index contributed by atoms with van der Waals surface area (Å²) in [5, 5.41) is 3.01. The molecule has 4 nitrogen and oxygen atoms in total. The molecular formula is C23H30N2O2. The van der Waals surface area contributed by atoms with E-state index < -0.39 is 5.41 Å². The quantitative estimate of drug-likeness (QED) is 0.730. The summed E-state index contributed by atoms with van der Waals surface area (Å²) in [7, 11) is 0. The molecule has 27 heavy (non-hydrogen) atoms. The van der Waals surface area contributed by atoms with Crippen LogP contribution in [0.25, 0.3) is 0 Å². The van der Waals surface area contributed by atoms with Crippen LogP contribution in [0.3, 0.4) is 0 Å². The second kappa shape index (κ2) is 8.85. The van der Waals surface area contributed by atoms with E-state index in [9.17, 15) is 9.59 Å². The molecule has 144 valence electrons. The van der Waals surface area contributed by atoms with Gasteiger partial charge in [-0.25, -0.2) is 0 Å². The normalized spacial score (nSPS) is 11.1. The number of nitrogens with zero attached hydrogens (tertiary/aromatic N) is 1. The molecule has 4 heteroatoms. The zero-order chi connectivity index (χ0) is 20.0. The van der Waals surface area contributed by atoms with Gasteiger partial charge in [0.05, 0.1) is 0 Å². The highest BCUT2D eigenvalue weighted by atomic mass is 16.2. The van der Waals surface area contributed by atoms with E-state index >= 15 is 0 Å². The van der Waals surface area contributed by atoms with Crippen LogP contribution in [-0.2, 0) is 22.6 Å². The topological polar surface area (TPSA) is 49.4 Å². The molecule has 1 N–H and O–H groups in total. The highest BCUT2D eigenvalue weighted by molar-refractivity contribution is 6.10. The molecule has 0 fully saturated rings. The molecule has 0 aliphatic rings. The van der Waals surface area contributed by atoms with E-state index in [-0.39, 0.29) is 11.8 Å². The Hall–Kier alpha value is -2.62. The molecular weight excluding hydrogens is 336 g/mol. The molecule has 2 aromatic carbocycles. The standard InChI is InChI=1S/C23H30N2O2/c1-6-19-15-11-12-17(3)20(19)24-21(26)23(4,5)22(27)25(7-2)16-18-13-9-8-10-14-18/h8-15H,6-7,16H2,1-5H3,(H,24,26). The number of benzene rings is 2. The predicted octanol–water partition coefficient (Wildman–Crippen LogP) is 4.57. The number of rotatable bonds is 7. The number of hydrogen-bond donors (Lipinski definition) is 1. The van der Waals surface area contributed by atoms with Crippen LogP contribution in [0.2, 0.25) is 0 Å². The maximum atomic E-state index is 13.1. The molecule has 0 aliphatic heterocycles. The molecule has 0 saturated carbocycles. The van der Waals surface area contributed by atoms with Gasteiger partial charge in [-0.2, -0.15) is 0 Å². The first-order valence-electron chi connectivity index (χ1n) is 9.54. The maximum absolute atomic E-state index is 13.1. The van der Waals surface area contributed by atoms with Crippen LogP contribution in [0.1, 0.15) is 44.4 Å². The van der Waals surface area contributed by atoms with Crippen molar-refractivity contribution >= 4 is 17.5 Å². The van der Waals surface area contributed by atoms with Crippen LogP contribution >= 0.6 is 0 Å². The summed E-state index contributed by atoms with van der Waals surface area (Å²) in [6.45, 7) is 10.4. The second-order valence-corrected chi connectivity index (χ2v) is 7.35. The second-order valence-electron chi connectivity index (χ2n) is 7.35. The Bertz CT molecular complexity index is 797. The van der Waals surface area contributed by atoms with E-state index in [1.54, 1.807) is 18.7 Å². The lowest BCUT2D eigenvalue weighted by molar-refractivity contribution is -0.146. The summed E-state index contributed by atoms with van der Waals surface area (Å²) in [5.74, 6) is -0.444. The van der Waals surface area contributed by atoms with Crippen molar-refractivity contribution in [2.75, 3.05) is 11.9 Å². The van der Waals surface area contributed by atoms with Crippen LogP contribution < -0.4 is 5.32 Å². The number of hydrogen-bond acceptors (Lipinski definition) is 2. The van der Waals surface area contributed by atoms with Crippen molar-refractivity contribution in [2.24, 2.45) is 5.41 Å². The van der Waals surface area contributed by atoms with Gasteiger partial charge in [-0.1, -0.05) is 55.5 Å². The third kappa shape index (κ3) is 4.76. The predicted molar refractivity (Wildman–Crippen MR) is 111 cm³/mol. The zero-order valence-corrected chi connectivity index (χ0v) is 17.0. The molecule has 0 atom stereocenters. The Morgan fingerprint density at radius 1 is 1.00 bits per heavy atom. The Balaban J connectivity index is 2.20. The van der Waals surface area contributed by atoms with Crippen molar-refractivity contribution in [1.29, 1.82) is 0 Å². The van der Waals surface area contributed by atoms with E-state index in [2.05, 4.69) is 12.2 Å². The highest BCUT2D eigenvalue weighted by Crippen LogP contribution is 2.27. The lowest BCUT2D eigenvalue weighted by Gasteiger charge is -2.31. The zero-order valence-electron chi connectivity index (χ0n) is 17.0. The summed E-state index contributed by atoms with van der Waals surface area (Å²) in [5.41, 5.74) is 2.79. The Morgan fingerprint density at radius 3 is 2.26 bits per heavy atom. The van der Waals surface area contributed by atoms with Crippen LogP contribution in [0.5, 0.6) is 0 Å². The van der Waals surface area contributed by atoms with Crippen molar-refractivity contribution in [3.63, 3.8) is 0 Å². The first-order valence-corrected chi connectivity index (χ1v) is 9.54. The Kier molecular flexibility index (Phi) is 6.78. The largest absolute Gasteiger partial charge is 0.338 e. The molecule has 0 heterocycles. The average molecular weight is 367 g/mol. The van der Waals surface area contributed by atoms with Gasteiger partial charge in [-0.05, 0) is 50.8 Å². The third-order valence-electron chi connectivity index (χ3n) is 4.97. The minimum atomic E-state index is -1.15. The Morgan fingerprint density at radius 2 is 1.67 bits per heavy atom. The van der Waals surface area contributed by atoms with Crippen LogP contribution in [0.4, 0.5) is 5.69 Å². The van der Waals surface area contributed by atoms with E-state index in [1.807, 2.05) is 62.4 Å². The third-order valence-corrected chi connectivity index (χ3v) is 4.97. The summed E-state index contributed by atoms with van der Waals surface area (Å²) in [6.07, 6.45) is 0.820. The lowest BCUT2D eigenvalue weighted by atomic mass is 9.89. The molecule has 0 aromatic heterocycles. The summed E-state index contributed by atoms with van der Waals surface area (Å²) >= 11 is 0. The van der Waals surface area contributed by atoms with Gasteiger partial charge < -0.3 is 10.2 Å². The van der Waals surface area contributed by atoms with E-state index in [1.165, 1.54) is 0 Å². The number of carbonyl (C=O) groups is 2. The van der Waals surface area contributed by atoms with Crippen molar-refractivity contribution in [3.05, 3.63) is 65.2 Å². The van der Waals surface area contributed by atoms with Gasteiger partial charge in [-0.15, -0.1) is 0 Å². The highest BCUT2D eigenvalue weighted by Gasteiger charge is 2.39. The number of carbonyl (C=O) groups excluding carboxylic acids is 2. The van der Waals surface area contributed by atoms with Crippen molar-refractivity contribution < 1.29 is 9.59 Å². The molecule has 2 aromatic rings. The Labute approximate surface area is 162 Å². The number of amides is 2. The van der Waals surface area contributed by atoms with Crippen LogP contribution in [0, 0.1) is 12.3 Å². The summed E-state index contributed by atoms with van der Waals surface area (Å²) in [4.78, 5) is 27.9.